The van der Waals surface area contributed by atoms with E-state index in [0.29, 0.717) is 18.2 Å². The molecule has 82 valence electrons. The van der Waals surface area contributed by atoms with Gasteiger partial charge >= 0.3 is 0 Å². The van der Waals surface area contributed by atoms with E-state index in [1.165, 1.54) is 0 Å². The van der Waals surface area contributed by atoms with Crippen molar-refractivity contribution in [3.05, 3.63) is 48.4 Å². The van der Waals surface area contributed by atoms with Crippen LogP contribution in [-0.2, 0) is 6.42 Å². The SMILES string of the molecule is Nc1ncccc1OCCc1ccccn1. The normalized spacial score (nSPS) is 10.0. The second-order valence-corrected chi connectivity index (χ2v) is 3.31. The van der Waals surface area contributed by atoms with Crippen LogP contribution in [0, 0.1) is 0 Å². The smallest absolute Gasteiger partial charge is 0.166 e. The van der Waals surface area contributed by atoms with Gasteiger partial charge in [0.2, 0.25) is 0 Å². The van der Waals surface area contributed by atoms with Crippen molar-refractivity contribution < 1.29 is 4.74 Å². The Kier molecular flexibility index (Phi) is 3.33. The summed E-state index contributed by atoms with van der Waals surface area (Å²) in [5.74, 6) is 1.04. The molecule has 2 N–H and O–H groups in total. The number of ether oxygens (including phenoxy) is 1. The first-order valence-corrected chi connectivity index (χ1v) is 5.09. The summed E-state index contributed by atoms with van der Waals surface area (Å²) in [5, 5.41) is 0. The molecule has 2 aromatic heterocycles. The monoisotopic (exact) mass is 215 g/mol. The van der Waals surface area contributed by atoms with Gasteiger partial charge in [-0.15, -0.1) is 0 Å². The van der Waals surface area contributed by atoms with Gasteiger partial charge in [0.25, 0.3) is 0 Å². The van der Waals surface area contributed by atoms with Gasteiger partial charge in [0, 0.05) is 24.5 Å². The number of pyridine rings is 2. The standard InChI is InChI=1S/C12H13N3O/c13-12-11(5-3-8-15-12)16-9-6-10-4-1-2-7-14-10/h1-5,7-8H,6,9H2,(H2,13,15). The Hall–Kier alpha value is -2.10. The lowest BCUT2D eigenvalue weighted by molar-refractivity contribution is 0.321. The molecule has 0 unspecified atom stereocenters. The zero-order valence-electron chi connectivity index (χ0n) is 8.84. The van der Waals surface area contributed by atoms with Gasteiger partial charge in [0.05, 0.1) is 6.61 Å². The predicted octanol–water partition coefficient (Wildman–Crippen LogP) is 1.68. The van der Waals surface area contributed by atoms with Crippen LogP contribution in [0.5, 0.6) is 5.75 Å². The molecule has 0 saturated heterocycles. The van der Waals surface area contributed by atoms with Crippen LogP contribution in [0.25, 0.3) is 0 Å². The number of hydrogen-bond acceptors (Lipinski definition) is 4. The first-order valence-electron chi connectivity index (χ1n) is 5.09. The van der Waals surface area contributed by atoms with Gasteiger partial charge < -0.3 is 10.5 Å². The molecule has 0 bridgehead atoms. The summed E-state index contributed by atoms with van der Waals surface area (Å²) in [6.45, 7) is 0.549. The van der Waals surface area contributed by atoms with E-state index < -0.39 is 0 Å². The van der Waals surface area contributed by atoms with Crippen LogP contribution in [0.4, 0.5) is 5.82 Å². The van der Waals surface area contributed by atoms with Gasteiger partial charge in [-0.2, -0.15) is 0 Å². The molecular weight excluding hydrogens is 202 g/mol. The third-order valence-corrected chi connectivity index (χ3v) is 2.14. The Bertz CT molecular complexity index is 445. The molecule has 0 aliphatic carbocycles. The zero-order chi connectivity index (χ0) is 11.2. The Labute approximate surface area is 94.1 Å². The van der Waals surface area contributed by atoms with Gasteiger partial charge in [0.1, 0.15) is 0 Å². The molecule has 16 heavy (non-hydrogen) atoms. The van der Waals surface area contributed by atoms with Crippen molar-refractivity contribution in [2.24, 2.45) is 0 Å². The first-order chi connectivity index (χ1) is 7.86. The van der Waals surface area contributed by atoms with E-state index in [1.54, 1.807) is 24.5 Å². The molecule has 4 heteroatoms. The highest BCUT2D eigenvalue weighted by Gasteiger charge is 2.00. The van der Waals surface area contributed by atoms with Crippen LogP contribution >= 0.6 is 0 Å². The van der Waals surface area contributed by atoms with Crippen molar-refractivity contribution >= 4 is 5.82 Å². The molecule has 0 saturated carbocycles. The lowest BCUT2D eigenvalue weighted by atomic mass is 10.3. The fourth-order valence-electron chi connectivity index (χ4n) is 1.34. The van der Waals surface area contributed by atoms with Crippen LogP contribution < -0.4 is 10.5 Å². The van der Waals surface area contributed by atoms with Crippen molar-refractivity contribution in [1.29, 1.82) is 0 Å². The lowest BCUT2D eigenvalue weighted by Crippen LogP contribution is -2.05. The maximum atomic E-state index is 5.65. The molecule has 4 nitrogen and oxygen atoms in total. The molecule has 0 fully saturated rings. The van der Waals surface area contributed by atoms with E-state index in [4.69, 9.17) is 10.5 Å². The summed E-state index contributed by atoms with van der Waals surface area (Å²) in [6, 6.07) is 9.42. The second-order valence-electron chi connectivity index (χ2n) is 3.31. The van der Waals surface area contributed by atoms with Crippen LogP contribution in [0.1, 0.15) is 5.69 Å². The second kappa shape index (κ2) is 5.11. The molecule has 0 aromatic carbocycles. The highest BCUT2D eigenvalue weighted by atomic mass is 16.5. The topological polar surface area (TPSA) is 61.0 Å². The highest BCUT2D eigenvalue weighted by Crippen LogP contribution is 2.16. The maximum Gasteiger partial charge on any atom is 0.166 e. The average molecular weight is 215 g/mol. The minimum absolute atomic E-state index is 0.420. The van der Waals surface area contributed by atoms with E-state index in [1.807, 2.05) is 18.2 Å². The number of anilines is 1. The molecule has 0 spiro atoms. The summed E-state index contributed by atoms with van der Waals surface area (Å²) in [7, 11) is 0. The molecule has 0 radical (unpaired) electrons. The van der Waals surface area contributed by atoms with E-state index in [-0.39, 0.29) is 0 Å². The molecule has 0 atom stereocenters. The number of nitrogens with zero attached hydrogens (tertiary/aromatic N) is 2. The van der Waals surface area contributed by atoms with E-state index >= 15 is 0 Å². The Morgan fingerprint density at radius 1 is 1.06 bits per heavy atom. The fraction of sp³-hybridized carbons (Fsp3) is 0.167. The van der Waals surface area contributed by atoms with Crippen LogP contribution in [0.2, 0.25) is 0 Å². The van der Waals surface area contributed by atoms with Crippen LogP contribution in [0.3, 0.4) is 0 Å². The Morgan fingerprint density at radius 2 is 1.94 bits per heavy atom. The van der Waals surface area contributed by atoms with Gasteiger partial charge in [0.15, 0.2) is 11.6 Å². The van der Waals surface area contributed by atoms with Gasteiger partial charge in [-0.05, 0) is 24.3 Å². The molecular formula is C12H13N3O. The van der Waals surface area contributed by atoms with Crippen LogP contribution in [0.15, 0.2) is 42.7 Å². The minimum Gasteiger partial charge on any atom is -0.489 e. The summed E-state index contributed by atoms with van der Waals surface area (Å²) in [6.07, 6.45) is 4.17. The number of hydrogen-bond donors (Lipinski definition) is 1. The maximum absolute atomic E-state index is 5.65. The summed E-state index contributed by atoms with van der Waals surface area (Å²) >= 11 is 0. The van der Waals surface area contributed by atoms with Crippen molar-refractivity contribution in [2.45, 2.75) is 6.42 Å². The van der Waals surface area contributed by atoms with E-state index in [9.17, 15) is 0 Å². The zero-order valence-corrected chi connectivity index (χ0v) is 8.84. The quantitative estimate of drug-likeness (QED) is 0.842. The summed E-state index contributed by atoms with van der Waals surface area (Å²) < 4.78 is 5.51. The summed E-state index contributed by atoms with van der Waals surface area (Å²) in [4.78, 5) is 8.15. The van der Waals surface area contributed by atoms with Crippen molar-refractivity contribution in [1.82, 2.24) is 9.97 Å². The number of nitrogen functional groups attached to an aromatic ring is 1. The van der Waals surface area contributed by atoms with Crippen molar-refractivity contribution in [3.8, 4) is 5.75 Å². The van der Waals surface area contributed by atoms with Crippen LogP contribution in [-0.4, -0.2) is 16.6 Å². The number of aromatic nitrogens is 2. The Balaban J connectivity index is 1.87. The van der Waals surface area contributed by atoms with E-state index in [0.717, 1.165) is 12.1 Å². The molecule has 2 rings (SSSR count). The van der Waals surface area contributed by atoms with Gasteiger partial charge in [-0.3, -0.25) is 4.98 Å². The van der Waals surface area contributed by atoms with E-state index in [2.05, 4.69) is 9.97 Å². The minimum atomic E-state index is 0.420. The molecule has 2 heterocycles. The summed E-state index contributed by atoms with van der Waals surface area (Å²) in [5.41, 5.74) is 6.65. The number of rotatable bonds is 4. The third-order valence-electron chi connectivity index (χ3n) is 2.14. The fourth-order valence-corrected chi connectivity index (χ4v) is 1.34. The molecule has 0 amide bonds. The molecule has 2 aromatic rings. The van der Waals surface area contributed by atoms with Crippen molar-refractivity contribution in [2.75, 3.05) is 12.3 Å². The third kappa shape index (κ3) is 2.70. The Morgan fingerprint density at radius 3 is 2.69 bits per heavy atom. The van der Waals surface area contributed by atoms with Gasteiger partial charge in [-0.25, -0.2) is 4.98 Å². The van der Waals surface area contributed by atoms with Crippen molar-refractivity contribution in [3.63, 3.8) is 0 Å². The highest BCUT2D eigenvalue weighted by molar-refractivity contribution is 5.44. The first kappa shape index (κ1) is 10.4. The largest absolute Gasteiger partial charge is 0.489 e. The molecule has 0 aliphatic heterocycles. The lowest BCUT2D eigenvalue weighted by Gasteiger charge is -2.06. The average Bonchev–Trinajstić information content (AvgIpc) is 2.33. The van der Waals surface area contributed by atoms with Gasteiger partial charge in [-0.1, -0.05) is 6.07 Å². The predicted molar refractivity (Wildman–Crippen MR) is 62.1 cm³/mol. The number of nitrogens with two attached hydrogens (primary N) is 1. The molecule has 0 aliphatic rings.